The number of sulfonamides is 1. The molecule has 0 saturated carbocycles. The molecule has 1 aromatic rings. The Morgan fingerprint density at radius 2 is 1.93 bits per heavy atom. The summed E-state index contributed by atoms with van der Waals surface area (Å²) >= 11 is 0. The lowest BCUT2D eigenvalue weighted by Gasteiger charge is -2.30. The third-order valence-electron chi connectivity index (χ3n) is 5.77. The zero-order valence-corrected chi connectivity index (χ0v) is 18.6. The van der Waals surface area contributed by atoms with Gasteiger partial charge in [-0.25, -0.2) is 13.2 Å². The first-order chi connectivity index (χ1) is 14.4. The summed E-state index contributed by atoms with van der Waals surface area (Å²) in [5.74, 6) is 0. The molecule has 3 rings (SSSR count). The maximum Gasteiger partial charge on any atom is 0.317 e. The topological polar surface area (TPSA) is 82.2 Å². The Morgan fingerprint density at radius 1 is 1.20 bits per heavy atom. The largest absolute Gasteiger partial charge is 0.379 e. The van der Waals surface area contributed by atoms with E-state index >= 15 is 0 Å². The average molecular weight is 439 g/mol. The Hall–Kier alpha value is -1.68. The molecule has 2 aliphatic heterocycles. The first kappa shape index (κ1) is 23.0. The molecule has 2 aliphatic rings. The van der Waals surface area contributed by atoms with Crippen molar-refractivity contribution in [2.45, 2.75) is 25.3 Å². The molecule has 0 aromatic heterocycles. The number of nitrogens with zero attached hydrogens (tertiary/aromatic N) is 3. The van der Waals surface area contributed by atoms with Crippen molar-refractivity contribution in [3.63, 3.8) is 0 Å². The number of benzene rings is 1. The van der Waals surface area contributed by atoms with Gasteiger partial charge in [-0.05, 0) is 31.4 Å². The lowest BCUT2D eigenvalue weighted by Crippen LogP contribution is -2.45. The molecule has 30 heavy (non-hydrogen) atoms. The number of ether oxygens (including phenoxy) is 1. The number of rotatable bonds is 9. The van der Waals surface area contributed by atoms with E-state index in [1.54, 1.807) is 9.21 Å². The van der Waals surface area contributed by atoms with Gasteiger partial charge in [-0.3, -0.25) is 4.90 Å². The SMILES string of the molecule is CS(=O)(=O)N(CCCN1CCOCC1)[C@H]1CCN(C(=O)NCCc2ccccc2)C1. The second kappa shape index (κ2) is 11.1. The maximum atomic E-state index is 12.5. The summed E-state index contributed by atoms with van der Waals surface area (Å²) in [6, 6.07) is 9.76. The van der Waals surface area contributed by atoms with Gasteiger partial charge in [-0.1, -0.05) is 30.3 Å². The van der Waals surface area contributed by atoms with E-state index in [4.69, 9.17) is 4.74 Å². The summed E-state index contributed by atoms with van der Waals surface area (Å²) in [4.78, 5) is 16.5. The quantitative estimate of drug-likeness (QED) is 0.622. The predicted octanol–water partition coefficient (Wildman–Crippen LogP) is 0.997. The molecule has 2 fully saturated rings. The van der Waals surface area contributed by atoms with Crippen LogP contribution in [0.4, 0.5) is 4.79 Å². The van der Waals surface area contributed by atoms with Crippen LogP contribution in [0.1, 0.15) is 18.4 Å². The first-order valence-corrected chi connectivity index (χ1v) is 12.6. The van der Waals surface area contributed by atoms with Crippen LogP contribution in [0.5, 0.6) is 0 Å². The number of urea groups is 1. The number of carbonyl (C=O) groups excluding carboxylic acids is 1. The lowest BCUT2D eigenvalue weighted by molar-refractivity contribution is 0.0366. The van der Waals surface area contributed by atoms with E-state index in [2.05, 4.69) is 10.2 Å². The molecule has 1 atom stereocenters. The van der Waals surface area contributed by atoms with E-state index < -0.39 is 10.0 Å². The summed E-state index contributed by atoms with van der Waals surface area (Å²) in [6.07, 6.45) is 3.51. The minimum Gasteiger partial charge on any atom is -0.379 e. The molecule has 1 aromatic carbocycles. The molecule has 0 radical (unpaired) electrons. The van der Waals surface area contributed by atoms with E-state index in [9.17, 15) is 13.2 Å². The Kier molecular flexibility index (Phi) is 8.50. The number of hydrogen-bond acceptors (Lipinski definition) is 5. The minimum absolute atomic E-state index is 0.116. The van der Waals surface area contributed by atoms with Gasteiger partial charge < -0.3 is 15.0 Å². The minimum atomic E-state index is -3.32. The molecule has 0 unspecified atom stereocenters. The molecule has 9 heteroatoms. The number of carbonyl (C=O) groups is 1. The standard InChI is InChI=1S/C21H34N4O4S/c1-30(27,28)25(12-5-11-23-14-16-29-17-15-23)20-9-13-24(18-20)21(26)22-10-8-19-6-3-2-4-7-19/h2-4,6-7,20H,5,8-18H2,1H3,(H,22,26)/t20-/m0/s1. The van der Waals surface area contributed by atoms with Gasteiger partial charge in [0.1, 0.15) is 0 Å². The molecule has 168 valence electrons. The summed E-state index contributed by atoms with van der Waals surface area (Å²) < 4.78 is 31.7. The number of likely N-dealkylation sites (tertiary alicyclic amines) is 1. The molecule has 8 nitrogen and oxygen atoms in total. The fraction of sp³-hybridized carbons (Fsp3) is 0.667. The highest BCUT2D eigenvalue weighted by atomic mass is 32.2. The maximum absolute atomic E-state index is 12.5. The van der Waals surface area contributed by atoms with Gasteiger partial charge in [0, 0.05) is 45.3 Å². The van der Waals surface area contributed by atoms with Crippen LogP contribution in [0.25, 0.3) is 0 Å². The van der Waals surface area contributed by atoms with Gasteiger partial charge in [-0.15, -0.1) is 0 Å². The van der Waals surface area contributed by atoms with Crippen LogP contribution in [0.3, 0.4) is 0 Å². The van der Waals surface area contributed by atoms with Crippen LogP contribution in [0, 0.1) is 0 Å². The van der Waals surface area contributed by atoms with Gasteiger partial charge in [0.15, 0.2) is 0 Å². The lowest BCUT2D eigenvalue weighted by atomic mass is 10.1. The molecule has 1 N–H and O–H groups in total. The molecular weight excluding hydrogens is 404 g/mol. The fourth-order valence-electron chi connectivity index (χ4n) is 4.13. The Morgan fingerprint density at radius 3 is 2.63 bits per heavy atom. The van der Waals surface area contributed by atoms with Crippen molar-refractivity contribution in [3.8, 4) is 0 Å². The van der Waals surface area contributed by atoms with Crippen molar-refractivity contribution >= 4 is 16.1 Å². The van der Waals surface area contributed by atoms with E-state index in [0.29, 0.717) is 32.6 Å². The second-order valence-corrected chi connectivity index (χ2v) is 9.97. The Labute approximate surface area is 180 Å². The third kappa shape index (κ3) is 6.94. The normalized spacial score (nSPS) is 20.6. The average Bonchev–Trinajstić information content (AvgIpc) is 3.21. The van der Waals surface area contributed by atoms with Gasteiger partial charge in [0.2, 0.25) is 10.0 Å². The highest BCUT2D eigenvalue weighted by Gasteiger charge is 2.34. The molecule has 0 spiro atoms. The van der Waals surface area contributed by atoms with Crippen LogP contribution in [-0.4, -0.2) is 99.9 Å². The van der Waals surface area contributed by atoms with E-state index in [1.165, 1.54) is 11.8 Å². The summed E-state index contributed by atoms with van der Waals surface area (Å²) in [6.45, 7) is 6.24. The van der Waals surface area contributed by atoms with Crippen molar-refractivity contribution < 1.29 is 17.9 Å². The van der Waals surface area contributed by atoms with Gasteiger partial charge in [0.05, 0.1) is 19.5 Å². The van der Waals surface area contributed by atoms with Gasteiger partial charge in [-0.2, -0.15) is 4.31 Å². The van der Waals surface area contributed by atoms with Crippen molar-refractivity contribution in [1.82, 2.24) is 19.4 Å². The third-order valence-corrected chi connectivity index (χ3v) is 7.11. The van der Waals surface area contributed by atoms with Gasteiger partial charge in [0.25, 0.3) is 0 Å². The van der Waals surface area contributed by atoms with E-state index in [1.807, 2.05) is 30.3 Å². The smallest absolute Gasteiger partial charge is 0.317 e. The summed E-state index contributed by atoms with van der Waals surface area (Å²) in [5, 5.41) is 2.96. The molecular formula is C21H34N4O4S. The molecule has 2 heterocycles. The van der Waals surface area contributed by atoms with E-state index in [0.717, 1.165) is 45.7 Å². The monoisotopic (exact) mass is 438 g/mol. The van der Waals surface area contributed by atoms with Crippen LogP contribution in [-0.2, 0) is 21.2 Å². The summed E-state index contributed by atoms with van der Waals surface area (Å²) in [5.41, 5.74) is 1.18. The van der Waals surface area contributed by atoms with Crippen molar-refractivity contribution in [1.29, 1.82) is 0 Å². The van der Waals surface area contributed by atoms with Crippen LogP contribution in [0.2, 0.25) is 0 Å². The second-order valence-electron chi connectivity index (χ2n) is 8.04. The van der Waals surface area contributed by atoms with Crippen molar-refractivity contribution in [2.75, 3.05) is 65.3 Å². The molecule has 0 bridgehead atoms. The Balaban J connectivity index is 1.44. The van der Waals surface area contributed by atoms with Crippen LogP contribution in [0.15, 0.2) is 30.3 Å². The summed E-state index contributed by atoms with van der Waals surface area (Å²) in [7, 11) is -3.32. The van der Waals surface area contributed by atoms with Gasteiger partial charge >= 0.3 is 6.03 Å². The number of nitrogens with one attached hydrogen (secondary N) is 1. The zero-order valence-electron chi connectivity index (χ0n) is 17.8. The predicted molar refractivity (Wildman–Crippen MR) is 117 cm³/mol. The highest BCUT2D eigenvalue weighted by molar-refractivity contribution is 7.88. The highest BCUT2D eigenvalue weighted by Crippen LogP contribution is 2.19. The first-order valence-electron chi connectivity index (χ1n) is 10.8. The van der Waals surface area contributed by atoms with Crippen molar-refractivity contribution in [2.24, 2.45) is 0 Å². The number of amides is 2. The number of hydrogen-bond donors (Lipinski definition) is 1. The molecule has 2 saturated heterocycles. The fourth-order valence-corrected chi connectivity index (χ4v) is 5.30. The zero-order chi connectivity index (χ0) is 21.4. The number of morpholine rings is 1. The molecule has 2 amide bonds. The Bertz CT molecular complexity index is 768. The van der Waals surface area contributed by atoms with Crippen LogP contribution >= 0.6 is 0 Å². The van der Waals surface area contributed by atoms with E-state index in [-0.39, 0.29) is 12.1 Å². The molecule has 0 aliphatic carbocycles. The van der Waals surface area contributed by atoms with Crippen molar-refractivity contribution in [3.05, 3.63) is 35.9 Å². The van der Waals surface area contributed by atoms with Crippen LogP contribution < -0.4 is 5.32 Å².